The third kappa shape index (κ3) is 5.61. The number of rotatable bonds is 5. The van der Waals surface area contributed by atoms with Crippen LogP contribution in [0.3, 0.4) is 0 Å². The van der Waals surface area contributed by atoms with Crippen LogP contribution in [0.25, 0.3) is 0 Å². The molecule has 0 heterocycles. The van der Waals surface area contributed by atoms with Gasteiger partial charge in [0.15, 0.2) is 0 Å². The third-order valence-corrected chi connectivity index (χ3v) is 3.19. The first-order valence-electron chi connectivity index (χ1n) is 4.31. The van der Waals surface area contributed by atoms with Crippen molar-refractivity contribution < 1.29 is 8.42 Å². The van der Waals surface area contributed by atoms with Gasteiger partial charge < -0.3 is 0 Å². The highest BCUT2D eigenvalue weighted by Gasteiger charge is 2.16. The highest BCUT2D eigenvalue weighted by molar-refractivity contribution is 7.89. The Morgan fingerprint density at radius 1 is 1.46 bits per heavy atom. The van der Waals surface area contributed by atoms with Crippen LogP contribution in [0.4, 0.5) is 0 Å². The fourth-order valence-corrected chi connectivity index (χ4v) is 2.53. The minimum Gasteiger partial charge on any atom is -0.212 e. The number of nitriles is 1. The normalized spacial score (nSPS) is 14.1. The quantitative estimate of drug-likeness (QED) is 0.722. The second kappa shape index (κ2) is 5.20. The molecular weight excluding hydrogens is 188 g/mol. The Morgan fingerprint density at radius 3 is 2.31 bits per heavy atom. The SMILES string of the molecule is CCC(C#N)NS(=O)(=O)CC(C)C. The highest BCUT2D eigenvalue weighted by Crippen LogP contribution is 2.00. The van der Waals surface area contributed by atoms with Crippen molar-refractivity contribution in [3.05, 3.63) is 0 Å². The summed E-state index contributed by atoms with van der Waals surface area (Å²) in [6.45, 7) is 5.42. The van der Waals surface area contributed by atoms with Gasteiger partial charge >= 0.3 is 0 Å². The molecule has 0 aliphatic heterocycles. The average Bonchev–Trinajstić information content (AvgIpc) is 1.97. The van der Waals surface area contributed by atoms with E-state index in [2.05, 4.69) is 4.72 Å². The van der Waals surface area contributed by atoms with Gasteiger partial charge in [-0.15, -0.1) is 0 Å². The first kappa shape index (κ1) is 12.4. The summed E-state index contributed by atoms with van der Waals surface area (Å²) in [7, 11) is -3.28. The summed E-state index contributed by atoms with van der Waals surface area (Å²) in [5, 5.41) is 8.55. The minimum atomic E-state index is -3.28. The van der Waals surface area contributed by atoms with Crippen molar-refractivity contribution in [3.63, 3.8) is 0 Å². The van der Waals surface area contributed by atoms with E-state index in [1.807, 2.05) is 19.9 Å². The van der Waals surface area contributed by atoms with Gasteiger partial charge in [-0.3, -0.25) is 0 Å². The molecule has 0 amide bonds. The molecule has 0 radical (unpaired) electrons. The fraction of sp³-hybridized carbons (Fsp3) is 0.875. The molecule has 0 aromatic carbocycles. The van der Waals surface area contributed by atoms with Crippen LogP contribution in [0.2, 0.25) is 0 Å². The Bertz CT molecular complexity index is 277. The van der Waals surface area contributed by atoms with Crippen molar-refractivity contribution in [2.45, 2.75) is 33.2 Å². The van der Waals surface area contributed by atoms with Crippen LogP contribution >= 0.6 is 0 Å². The van der Waals surface area contributed by atoms with Crippen LogP contribution < -0.4 is 4.72 Å². The van der Waals surface area contributed by atoms with Crippen molar-refractivity contribution in [1.82, 2.24) is 4.72 Å². The number of hydrogen-bond acceptors (Lipinski definition) is 3. The van der Waals surface area contributed by atoms with Crippen molar-refractivity contribution in [2.75, 3.05) is 5.75 Å². The summed E-state index contributed by atoms with van der Waals surface area (Å²) in [5.41, 5.74) is 0. The average molecular weight is 204 g/mol. The monoisotopic (exact) mass is 204 g/mol. The highest BCUT2D eigenvalue weighted by atomic mass is 32.2. The van der Waals surface area contributed by atoms with Gasteiger partial charge in [-0.1, -0.05) is 20.8 Å². The number of nitrogens with zero attached hydrogens (tertiary/aromatic N) is 1. The summed E-state index contributed by atoms with van der Waals surface area (Å²) in [4.78, 5) is 0. The zero-order chi connectivity index (χ0) is 10.5. The van der Waals surface area contributed by atoms with E-state index in [1.165, 1.54) is 0 Å². The molecule has 1 unspecified atom stereocenters. The first-order chi connectivity index (χ1) is 5.91. The second-order valence-corrected chi connectivity index (χ2v) is 5.18. The van der Waals surface area contributed by atoms with Crippen molar-refractivity contribution in [3.8, 4) is 6.07 Å². The van der Waals surface area contributed by atoms with E-state index < -0.39 is 16.1 Å². The van der Waals surface area contributed by atoms with Crippen molar-refractivity contribution >= 4 is 10.0 Å². The molecular formula is C8H16N2O2S. The molecule has 1 N–H and O–H groups in total. The van der Waals surface area contributed by atoms with Gasteiger partial charge in [0.25, 0.3) is 0 Å². The van der Waals surface area contributed by atoms with Crippen LogP contribution in [0.5, 0.6) is 0 Å². The molecule has 0 rings (SSSR count). The molecule has 0 saturated carbocycles. The fourth-order valence-electron chi connectivity index (χ4n) is 0.905. The van der Waals surface area contributed by atoms with E-state index in [0.29, 0.717) is 6.42 Å². The molecule has 0 aliphatic rings. The van der Waals surface area contributed by atoms with E-state index in [-0.39, 0.29) is 11.7 Å². The summed E-state index contributed by atoms with van der Waals surface area (Å²) < 4.78 is 24.9. The molecule has 0 fully saturated rings. The van der Waals surface area contributed by atoms with E-state index in [4.69, 9.17) is 5.26 Å². The Labute approximate surface area is 80.0 Å². The van der Waals surface area contributed by atoms with Crippen LogP contribution in [0, 0.1) is 17.2 Å². The van der Waals surface area contributed by atoms with Crippen LogP contribution in [-0.4, -0.2) is 20.2 Å². The molecule has 0 aromatic heterocycles. The Hall–Kier alpha value is -0.600. The van der Waals surface area contributed by atoms with Gasteiger partial charge in [0.05, 0.1) is 11.8 Å². The number of nitrogens with one attached hydrogen (secondary N) is 1. The lowest BCUT2D eigenvalue weighted by molar-refractivity contribution is 0.557. The van der Waals surface area contributed by atoms with Crippen LogP contribution in [0.15, 0.2) is 0 Å². The first-order valence-corrected chi connectivity index (χ1v) is 5.96. The standard InChI is InChI=1S/C8H16N2O2S/c1-4-8(5-9)10-13(11,12)6-7(2)3/h7-8,10H,4,6H2,1-3H3. The second-order valence-electron chi connectivity index (χ2n) is 3.38. The lowest BCUT2D eigenvalue weighted by atomic mass is 10.3. The van der Waals surface area contributed by atoms with Gasteiger partial charge in [-0.2, -0.15) is 9.98 Å². The Morgan fingerprint density at radius 2 is 2.00 bits per heavy atom. The van der Waals surface area contributed by atoms with Gasteiger partial charge in [0.2, 0.25) is 10.0 Å². The smallest absolute Gasteiger partial charge is 0.212 e. The summed E-state index contributed by atoms with van der Waals surface area (Å²) in [6.07, 6.45) is 0.494. The van der Waals surface area contributed by atoms with E-state index in [0.717, 1.165) is 0 Å². The zero-order valence-corrected chi connectivity index (χ0v) is 9.06. The molecule has 76 valence electrons. The summed E-state index contributed by atoms with van der Waals surface area (Å²) >= 11 is 0. The molecule has 4 nitrogen and oxygen atoms in total. The van der Waals surface area contributed by atoms with Crippen LogP contribution in [0.1, 0.15) is 27.2 Å². The topological polar surface area (TPSA) is 70.0 Å². The van der Waals surface area contributed by atoms with Gasteiger partial charge in [-0.25, -0.2) is 8.42 Å². The molecule has 0 bridgehead atoms. The maximum atomic E-state index is 11.3. The van der Waals surface area contributed by atoms with Crippen molar-refractivity contribution in [2.24, 2.45) is 5.92 Å². The number of hydrogen-bond donors (Lipinski definition) is 1. The maximum Gasteiger partial charge on any atom is 0.213 e. The molecule has 0 aliphatic carbocycles. The molecule has 1 atom stereocenters. The molecule has 0 spiro atoms. The maximum absolute atomic E-state index is 11.3. The lowest BCUT2D eigenvalue weighted by Gasteiger charge is -2.11. The zero-order valence-electron chi connectivity index (χ0n) is 8.24. The summed E-state index contributed by atoms with van der Waals surface area (Å²) in [6, 6.07) is 1.30. The van der Waals surface area contributed by atoms with E-state index >= 15 is 0 Å². The predicted octanol–water partition coefficient (Wildman–Crippen LogP) is 0.864. The summed E-state index contributed by atoms with van der Waals surface area (Å²) in [5.74, 6) is 0.152. The van der Waals surface area contributed by atoms with Gasteiger partial charge in [-0.05, 0) is 12.3 Å². The van der Waals surface area contributed by atoms with E-state index in [1.54, 1.807) is 6.92 Å². The predicted molar refractivity (Wildman–Crippen MR) is 51.5 cm³/mol. The van der Waals surface area contributed by atoms with Crippen molar-refractivity contribution in [1.29, 1.82) is 5.26 Å². The Balaban J connectivity index is 4.27. The molecule has 13 heavy (non-hydrogen) atoms. The largest absolute Gasteiger partial charge is 0.213 e. The third-order valence-electron chi connectivity index (χ3n) is 1.44. The van der Waals surface area contributed by atoms with Gasteiger partial charge in [0.1, 0.15) is 6.04 Å². The molecule has 0 saturated heterocycles. The molecule has 5 heteroatoms. The van der Waals surface area contributed by atoms with Crippen LogP contribution in [-0.2, 0) is 10.0 Å². The number of sulfonamides is 1. The minimum absolute atomic E-state index is 0.0746. The van der Waals surface area contributed by atoms with Gasteiger partial charge in [0, 0.05) is 0 Å². The lowest BCUT2D eigenvalue weighted by Crippen LogP contribution is -2.36. The molecule has 0 aromatic rings. The Kier molecular flexibility index (Phi) is 4.96. The van der Waals surface area contributed by atoms with E-state index in [9.17, 15) is 8.42 Å².